The van der Waals surface area contributed by atoms with Crippen molar-refractivity contribution in [2.45, 2.75) is 0 Å². The fraction of sp³-hybridized carbons (Fsp3) is 0. The Hall–Kier alpha value is -2.46. The second-order valence-electron chi connectivity index (χ2n) is 2.44. The lowest BCUT2D eigenvalue weighted by molar-refractivity contribution is 0.0696. The molecule has 0 heterocycles. The maximum atomic E-state index is 10.7. The first-order valence-corrected chi connectivity index (χ1v) is 3.68. The van der Waals surface area contributed by atoms with Gasteiger partial charge in [0.25, 0.3) is 0 Å². The van der Waals surface area contributed by atoms with Crippen LogP contribution in [0.5, 0.6) is 0 Å². The van der Waals surface area contributed by atoms with E-state index in [4.69, 9.17) is 16.1 Å². The Kier molecular flexibility index (Phi) is 2.73. The van der Waals surface area contributed by atoms with Crippen molar-refractivity contribution in [2.75, 3.05) is 5.73 Å². The maximum Gasteiger partial charge on any atom is 0.337 e. The minimum atomic E-state index is -1.11. The van der Waals surface area contributed by atoms with Crippen LogP contribution >= 0.6 is 0 Å². The zero-order chi connectivity index (χ0) is 10.6. The summed E-state index contributed by atoms with van der Waals surface area (Å²) in [5, 5.41) is 17.0. The third-order valence-corrected chi connectivity index (χ3v) is 1.57. The quantitative estimate of drug-likeness (QED) is 0.502. The Balaban J connectivity index is 3.38. The standard InChI is InChI=1S/C10H6N2O2/c11-6-2-4-7-8(10(13)14)3-1-5-9(7)12/h1,3,5H,12H2,(H,13,14). The molecule has 0 fully saturated rings. The predicted octanol–water partition coefficient (Wildman–Crippen LogP) is 0.842. The van der Waals surface area contributed by atoms with Crippen molar-refractivity contribution >= 4 is 11.7 Å². The highest BCUT2D eigenvalue weighted by atomic mass is 16.4. The van der Waals surface area contributed by atoms with Crippen molar-refractivity contribution in [1.82, 2.24) is 0 Å². The molecular weight excluding hydrogens is 180 g/mol. The summed E-state index contributed by atoms with van der Waals surface area (Å²) in [5.74, 6) is 3.40. The average Bonchev–Trinajstić information content (AvgIpc) is 2.15. The smallest absolute Gasteiger partial charge is 0.337 e. The SMILES string of the molecule is N#CC#Cc1c(N)cccc1C(=O)O. The fourth-order valence-electron chi connectivity index (χ4n) is 0.978. The van der Waals surface area contributed by atoms with Gasteiger partial charge in [0.1, 0.15) is 0 Å². The molecule has 0 radical (unpaired) electrons. The number of nitriles is 1. The third kappa shape index (κ3) is 1.82. The number of benzene rings is 1. The zero-order valence-corrected chi connectivity index (χ0v) is 7.11. The molecule has 1 aromatic carbocycles. The number of hydrogen-bond acceptors (Lipinski definition) is 3. The summed E-state index contributed by atoms with van der Waals surface area (Å²) in [6, 6.07) is 6.05. The molecule has 0 unspecified atom stereocenters. The van der Waals surface area contributed by atoms with E-state index in [2.05, 4.69) is 11.8 Å². The lowest BCUT2D eigenvalue weighted by Gasteiger charge is -2.01. The van der Waals surface area contributed by atoms with Crippen LogP contribution in [0.4, 0.5) is 5.69 Å². The van der Waals surface area contributed by atoms with Gasteiger partial charge in [-0.05, 0) is 18.1 Å². The van der Waals surface area contributed by atoms with Crippen molar-refractivity contribution in [3.8, 4) is 17.9 Å². The van der Waals surface area contributed by atoms with E-state index >= 15 is 0 Å². The lowest BCUT2D eigenvalue weighted by atomic mass is 10.1. The highest BCUT2D eigenvalue weighted by Crippen LogP contribution is 2.15. The summed E-state index contributed by atoms with van der Waals surface area (Å²) in [7, 11) is 0. The van der Waals surface area contributed by atoms with E-state index in [9.17, 15) is 4.79 Å². The summed E-state index contributed by atoms with van der Waals surface area (Å²) < 4.78 is 0. The van der Waals surface area contributed by atoms with Gasteiger partial charge in [0.2, 0.25) is 0 Å². The van der Waals surface area contributed by atoms with Gasteiger partial charge in [-0.3, -0.25) is 0 Å². The summed E-state index contributed by atoms with van der Waals surface area (Å²) in [4.78, 5) is 10.7. The van der Waals surface area contributed by atoms with Crippen LogP contribution in [0.1, 0.15) is 15.9 Å². The molecule has 1 rings (SSSR count). The number of nitrogen functional groups attached to an aromatic ring is 1. The first-order chi connectivity index (χ1) is 6.66. The maximum absolute atomic E-state index is 10.7. The molecule has 0 bridgehead atoms. The molecule has 4 nitrogen and oxygen atoms in total. The number of nitrogens with two attached hydrogens (primary N) is 1. The minimum absolute atomic E-state index is 0.00718. The molecule has 1 aromatic rings. The largest absolute Gasteiger partial charge is 0.478 e. The molecule has 0 aliphatic heterocycles. The molecule has 0 saturated carbocycles. The number of carboxylic acid groups (broad SMARTS) is 1. The Bertz CT molecular complexity index is 475. The van der Waals surface area contributed by atoms with Crippen LogP contribution in [0, 0.1) is 23.2 Å². The summed E-state index contributed by atoms with van der Waals surface area (Å²) in [6.45, 7) is 0. The van der Waals surface area contributed by atoms with Crippen molar-refractivity contribution < 1.29 is 9.90 Å². The topological polar surface area (TPSA) is 87.1 Å². The second-order valence-corrected chi connectivity index (χ2v) is 2.44. The van der Waals surface area contributed by atoms with Gasteiger partial charge < -0.3 is 10.8 Å². The highest BCUT2D eigenvalue weighted by Gasteiger charge is 2.09. The molecule has 0 aliphatic carbocycles. The van der Waals surface area contributed by atoms with Crippen molar-refractivity contribution in [2.24, 2.45) is 0 Å². The zero-order valence-electron chi connectivity index (χ0n) is 7.11. The van der Waals surface area contributed by atoms with Gasteiger partial charge >= 0.3 is 5.97 Å². The van der Waals surface area contributed by atoms with Gasteiger partial charge in [-0.25, -0.2) is 4.79 Å². The van der Waals surface area contributed by atoms with E-state index in [0.29, 0.717) is 0 Å². The van der Waals surface area contributed by atoms with E-state index in [-0.39, 0.29) is 16.8 Å². The van der Waals surface area contributed by atoms with Crippen LogP contribution < -0.4 is 5.73 Å². The number of nitrogens with zero attached hydrogens (tertiary/aromatic N) is 1. The Morgan fingerprint density at radius 1 is 1.50 bits per heavy atom. The number of anilines is 1. The number of aromatic carboxylic acids is 1. The van der Waals surface area contributed by atoms with E-state index in [1.807, 2.05) is 0 Å². The molecule has 0 aromatic heterocycles. The van der Waals surface area contributed by atoms with E-state index in [0.717, 1.165) is 0 Å². The fourth-order valence-corrected chi connectivity index (χ4v) is 0.978. The van der Waals surface area contributed by atoms with Crippen LogP contribution in [0.15, 0.2) is 18.2 Å². The lowest BCUT2D eigenvalue weighted by Crippen LogP contribution is -2.02. The molecule has 0 saturated heterocycles. The predicted molar refractivity (Wildman–Crippen MR) is 50.3 cm³/mol. The minimum Gasteiger partial charge on any atom is -0.478 e. The van der Waals surface area contributed by atoms with Crippen LogP contribution in [0.25, 0.3) is 0 Å². The number of hydrogen-bond donors (Lipinski definition) is 2. The average molecular weight is 186 g/mol. The molecule has 14 heavy (non-hydrogen) atoms. The van der Waals surface area contributed by atoms with Crippen LogP contribution in [0.2, 0.25) is 0 Å². The molecular formula is C10H6N2O2. The third-order valence-electron chi connectivity index (χ3n) is 1.57. The van der Waals surface area contributed by atoms with Crippen molar-refractivity contribution in [3.05, 3.63) is 29.3 Å². The molecule has 0 amide bonds. The molecule has 0 atom stereocenters. The van der Waals surface area contributed by atoms with E-state index in [1.165, 1.54) is 18.2 Å². The summed E-state index contributed by atoms with van der Waals surface area (Å²) >= 11 is 0. The number of carbonyl (C=O) groups is 1. The molecule has 68 valence electrons. The van der Waals surface area contributed by atoms with Gasteiger partial charge in [-0.15, -0.1) is 0 Å². The molecule has 4 heteroatoms. The van der Waals surface area contributed by atoms with Crippen molar-refractivity contribution in [3.63, 3.8) is 0 Å². The van der Waals surface area contributed by atoms with Crippen molar-refractivity contribution in [1.29, 1.82) is 5.26 Å². The van der Waals surface area contributed by atoms with Crippen LogP contribution in [-0.2, 0) is 0 Å². The molecule has 3 N–H and O–H groups in total. The number of carboxylic acids is 1. The highest BCUT2D eigenvalue weighted by molar-refractivity contribution is 5.92. The van der Waals surface area contributed by atoms with Gasteiger partial charge in [-0.2, -0.15) is 5.26 Å². The van der Waals surface area contributed by atoms with Gasteiger partial charge in [0.15, 0.2) is 6.07 Å². The Morgan fingerprint density at radius 3 is 2.79 bits per heavy atom. The van der Waals surface area contributed by atoms with Gasteiger partial charge in [-0.1, -0.05) is 6.07 Å². The first kappa shape index (κ1) is 9.63. The van der Waals surface area contributed by atoms with Gasteiger partial charge in [0.05, 0.1) is 11.1 Å². The van der Waals surface area contributed by atoms with Gasteiger partial charge in [0, 0.05) is 11.6 Å². The summed E-state index contributed by atoms with van der Waals surface area (Å²) in [5.41, 5.74) is 5.97. The first-order valence-electron chi connectivity index (χ1n) is 3.68. The Labute approximate surface area is 80.6 Å². The van der Waals surface area contributed by atoms with E-state index in [1.54, 1.807) is 6.07 Å². The normalized spacial score (nSPS) is 8.21. The molecule has 0 aliphatic rings. The monoisotopic (exact) mass is 186 g/mol. The second kappa shape index (κ2) is 3.97. The molecule has 0 spiro atoms. The van der Waals surface area contributed by atoms with Crippen LogP contribution in [-0.4, -0.2) is 11.1 Å². The number of rotatable bonds is 1. The summed E-state index contributed by atoms with van der Waals surface area (Å²) in [6.07, 6.45) is 0. The Morgan fingerprint density at radius 2 is 2.21 bits per heavy atom. The van der Waals surface area contributed by atoms with E-state index < -0.39 is 5.97 Å². The van der Waals surface area contributed by atoms with Crippen LogP contribution in [0.3, 0.4) is 0 Å².